The lowest BCUT2D eigenvalue weighted by molar-refractivity contribution is 0.0954. The number of hydrogen-bond acceptors (Lipinski definition) is 6. The van der Waals surface area contributed by atoms with Gasteiger partial charge in [-0.3, -0.25) is 4.79 Å². The van der Waals surface area contributed by atoms with Crippen molar-refractivity contribution in [3.8, 4) is 11.3 Å². The maximum atomic E-state index is 11.2. The SMILES string of the molecule is CCc1nnc(CC2CCC2)s1.CNC(=O)c1cc(-c2ccccc2)on1. The van der Waals surface area contributed by atoms with Gasteiger partial charge in [0, 0.05) is 25.1 Å². The molecule has 0 aliphatic heterocycles. The zero-order valence-electron chi connectivity index (χ0n) is 15.6. The molecule has 0 unspecified atom stereocenters. The van der Waals surface area contributed by atoms with E-state index in [2.05, 4.69) is 27.6 Å². The molecule has 1 aromatic carbocycles. The first-order valence-electron chi connectivity index (χ1n) is 9.25. The third-order valence-corrected chi connectivity index (χ3v) is 5.62. The molecule has 0 atom stereocenters. The van der Waals surface area contributed by atoms with Gasteiger partial charge in [-0.2, -0.15) is 0 Å². The molecule has 2 heterocycles. The highest BCUT2D eigenvalue weighted by atomic mass is 32.1. The van der Waals surface area contributed by atoms with Crippen LogP contribution in [0.15, 0.2) is 40.9 Å². The minimum Gasteiger partial charge on any atom is -0.355 e. The Hall–Kier alpha value is -2.54. The Morgan fingerprint density at radius 1 is 1.22 bits per heavy atom. The van der Waals surface area contributed by atoms with E-state index in [1.165, 1.54) is 35.7 Å². The van der Waals surface area contributed by atoms with Crippen molar-refractivity contribution in [2.75, 3.05) is 7.05 Å². The second kappa shape index (κ2) is 9.41. The molecular formula is C20H24N4O2S. The number of amides is 1. The van der Waals surface area contributed by atoms with Gasteiger partial charge >= 0.3 is 0 Å². The average molecular weight is 385 g/mol. The summed E-state index contributed by atoms with van der Waals surface area (Å²) < 4.78 is 5.06. The minimum absolute atomic E-state index is 0.249. The molecule has 1 N–H and O–H groups in total. The molecule has 7 heteroatoms. The first-order chi connectivity index (χ1) is 13.2. The lowest BCUT2D eigenvalue weighted by Gasteiger charge is -2.23. The molecule has 0 radical (unpaired) electrons. The van der Waals surface area contributed by atoms with Crippen molar-refractivity contribution in [1.82, 2.24) is 20.7 Å². The predicted molar refractivity (Wildman–Crippen MR) is 106 cm³/mol. The Bertz CT molecular complexity index is 856. The van der Waals surface area contributed by atoms with E-state index in [0.717, 1.165) is 17.9 Å². The van der Waals surface area contributed by atoms with E-state index in [0.29, 0.717) is 5.76 Å². The number of aromatic nitrogens is 3. The number of nitrogens with one attached hydrogen (secondary N) is 1. The van der Waals surface area contributed by atoms with Gasteiger partial charge in [-0.25, -0.2) is 0 Å². The van der Waals surface area contributed by atoms with E-state index in [-0.39, 0.29) is 11.6 Å². The Labute approximate surface area is 163 Å². The summed E-state index contributed by atoms with van der Waals surface area (Å²) in [7, 11) is 1.55. The number of rotatable bonds is 5. The van der Waals surface area contributed by atoms with Crippen LogP contribution in [0.5, 0.6) is 0 Å². The summed E-state index contributed by atoms with van der Waals surface area (Å²) >= 11 is 1.79. The van der Waals surface area contributed by atoms with Gasteiger partial charge in [0.25, 0.3) is 5.91 Å². The van der Waals surface area contributed by atoms with E-state index in [1.807, 2.05) is 30.3 Å². The van der Waals surface area contributed by atoms with Crippen LogP contribution in [-0.2, 0) is 12.8 Å². The molecule has 3 aromatic rings. The quantitative estimate of drug-likeness (QED) is 0.715. The van der Waals surface area contributed by atoms with Crippen molar-refractivity contribution in [3.63, 3.8) is 0 Å². The van der Waals surface area contributed by atoms with Gasteiger partial charge < -0.3 is 9.84 Å². The fourth-order valence-electron chi connectivity index (χ4n) is 2.71. The van der Waals surface area contributed by atoms with Crippen LogP contribution >= 0.6 is 11.3 Å². The van der Waals surface area contributed by atoms with Crippen LogP contribution < -0.4 is 5.32 Å². The summed E-state index contributed by atoms with van der Waals surface area (Å²) in [6, 6.07) is 11.1. The minimum atomic E-state index is -0.249. The van der Waals surface area contributed by atoms with Crippen LogP contribution in [-0.4, -0.2) is 28.3 Å². The summed E-state index contributed by atoms with van der Waals surface area (Å²) in [5.41, 5.74) is 1.19. The molecule has 1 aliphatic carbocycles. The third-order valence-electron chi connectivity index (χ3n) is 4.53. The van der Waals surface area contributed by atoms with E-state index >= 15 is 0 Å². The predicted octanol–water partition coefficient (Wildman–Crippen LogP) is 4.14. The number of hydrogen-bond donors (Lipinski definition) is 1. The van der Waals surface area contributed by atoms with Crippen molar-refractivity contribution in [2.45, 2.75) is 39.0 Å². The van der Waals surface area contributed by atoms with Gasteiger partial charge in [-0.1, -0.05) is 61.7 Å². The highest BCUT2D eigenvalue weighted by Gasteiger charge is 2.19. The molecule has 2 aromatic heterocycles. The van der Waals surface area contributed by atoms with E-state index in [9.17, 15) is 4.79 Å². The summed E-state index contributed by atoms with van der Waals surface area (Å²) in [5.74, 6) is 1.26. The molecule has 27 heavy (non-hydrogen) atoms. The highest BCUT2D eigenvalue weighted by Crippen LogP contribution is 2.30. The number of carbonyl (C=O) groups excluding carboxylic acids is 1. The molecule has 0 bridgehead atoms. The summed E-state index contributed by atoms with van der Waals surface area (Å²) in [6.45, 7) is 2.13. The molecule has 1 saturated carbocycles. The lowest BCUT2D eigenvalue weighted by atomic mass is 9.83. The molecule has 1 fully saturated rings. The molecule has 0 spiro atoms. The van der Waals surface area contributed by atoms with Crippen molar-refractivity contribution in [3.05, 3.63) is 52.1 Å². The van der Waals surface area contributed by atoms with Crippen LogP contribution in [0.3, 0.4) is 0 Å². The standard InChI is InChI=1S/C11H10N2O2.C9H14N2S/c1-12-11(14)9-7-10(15-13-9)8-5-3-2-4-6-8;1-2-8-10-11-9(12-8)6-7-4-3-5-7/h2-7H,1H3,(H,12,14);7H,2-6H2,1H3. The summed E-state index contributed by atoms with van der Waals surface area (Å²) in [6.07, 6.45) is 6.44. The molecule has 1 aliphatic rings. The van der Waals surface area contributed by atoms with Crippen LogP contribution in [0.2, 0.25) is 0 Å². The Balaban J connectivity index is 0.000000159. The molecular weight excluding hydrogens is 360 g/mol. The fourth-order valence-corrected chi connectivity index (χ4v) is 3.61. The number of aryl methyl sites for hydroxylation is 1. The van der Waals surface area contributed by atoms with Gasteiger partial charge in [0.15, 0.2) is 11.5 Å². The van der Waals surface area contributed by atoms with E-state index in [1.54, 1.807) is 24.5 Å². The topological polar surface area (TPSA) is 80.9 Å². The summed E-state index contributed by atoms with van der Waals surface area (Å²) in [4.78, 5) is 11.2. The average Bonchev–Trinajstić information content (AvgIpc) is 3.35. The maximum absolute atomic E-state index is 11.2. The number of carbonyl (C=O) groups is 1. The van der Waals surface area contributed by atoms with Gasteiger partial charge in [0.1, 0.15) is 10.0 Å². The Morgan fingerprint density at radius 3 is 2.56 bits per heavy atom. The summed E-state index contributed by atoms with van der Waals surface area (Å²) in [5, 5.41) is 16.9. The van der Waals surface area contributed by atoms with E-state index in [4.69, 9.17) is 4.52 Å². The van der Waals surface area contributed by atoms with Crippen LogP contribution in [0.4, 0.5) is 0 Å². The van der Waals surface area contributed by atoms with Gasteiger partial charge in [0.05, 0.1) is 0 Å². The maximum Gasteiger partial charge on any atom is 0.273 e. The zero-order chi connectivity index (χ0) is 19.1. The second-order valence-corrected chi connectivity index (χ2v) is 7.61. The van der Waals surface area contributed by atoms with Crippen molar-refractivity contribution < 1.29 is 9.32 Å². The molecule has 0 saturated heterocycles. The molecule has 4 rings (SSSR count). The van der Waals surface area contributed by atoms with Gasteiger partial charge in [-0.15, -0.1) is 21.5 Å². The van der Waals surface area contributed by atoms with Crippen LogP contribution in [0.25, 0.3) is 11.3 Å². The highest BCUT2D eigenvalue weighted by molar-refractivity contribution is 7.11. The van der Waals surface area contributed by atoms with E-state index < -0.39 is 0 Å². The molecule has 6 nitrogen and oxygen atoms in total. The first kappa shape index (κ1) is 19.2. The van der Waals surface area contributed by atoms with Crippen LogP contribution in [0, 0.1) is 5.92 Å². The lowest BCUT2D eigenvalue weighted by Crippen LogP contribution is -2.17. The van der Waals surface area contributed by atoms with Crippen molar-refractivity contribution in [1.29, 1.82) is 0 Å². The Morgan fingerprint density at radius 2 is 1.96 bits per heavy atom. The van der Waals surface area contributed by atoms with Gasteiger partial charge in [0.2, 0.25) is 0 Å². The number of nitrogens with zero attached hydrogens (tertiary/aromatic N) is 3. The third kappa shape index (κ3) is 5.23. The second-order valence-electron chi connectivity index (χ2n) is 6.47. The molecule has 142 valence electrons. The largest absolute Gasteiger partial charge is 0.355 e. The monoisotopic (exact) mass is 384 g/mol. The number of benzene rings is 1. The zero-order valence-corrected chi connectivity index (χ0v) is 16.5. The van der Waals surface area contributed by atoms with Crippen molar-refractivity contribution in [2.24, 2.45) is 5.92 Å². The smallest absolute Gasteiger partial charge is 0.273 e. The van der Waals surface area contributed by atoms with Gasteiger partial charge in [-0.05, 0) is 12.3 Å². The fraction of sp³-hybridized carbons (Fsp3) is 0.400. The Kier molecular flexibility index (Phi) is 6.70. The first-order valence-corrected chi connectivity index (χ1v) is 10.1. The van der Waals surface area contributed by atoms with Crippen LogP contribution in [0.1, 0.15) is 46.7 Å². The van der Waals surface area contributed by atoms with Crippen molar-refractivity contribution >= 4 is 17.2 Å². The molecule has 1 amide bonds. The normalized spacial score (nSPS) is 13.4.